The fourth-order valence-corrected chi connectivity index (χ4v) is 2.62. The number of ether oxygens (including phenoxy) is 1. The van der Waals surface area contributed by atoms with E-state index >= 15 is 0 Å². The first-order valence-corrected chi connectivity index (χ1v) is 6.79. The van der Waals surface area contributed by atoms with E-state index in [1.165, 1.54) is 7.11 Å². The second kappa shape index (κ2) is 8.55. The summed E-state index contributed by atoms with van der Waals surface area (Å²) in [6, 6.07) is 1.21. The summed E-state index contributed by atoms with van der Waals surface area (Å²) in [5.74, 6) is -1.86. The number of rotatable bonds is 5. The molecule has 1 N–H and O–H groups in total. The second-order valence-electron chi connectivity index (χ2n) is 4.91. The summed E-state index contributed by atoms with van der Waals surface area (Å²) in [6.07, 6.45) is -3.25. The van der Waals surface area contributed by atoms with Crippen molar-refractivity contribution in [1.82, 2.24) is 10.2 Å². The van der Waals surface area contributed by atoms with Crippen LogP contribution in [0, 0.1) is 11.6 Å². The van der Waals surface area contributed by atoms with Crippen LogP contribution in [0.4, 0.5) is 17.6 Å². The van der Waals surface area contributed by atoms with Crippen LogP contribution >= 0.6 is 12.4 Å². The molecule has 0 saturated carbocycles. The van der Waals surface area contributed by atoms with Crippen LogP contribution in [-0.2, 0) is 0 Å². The Hall–Kier alpha value is -1.05. The predicted molar refractivity (Wildman–Crippen MR) is 78.0 cm³/mol. The van der Waals surface area contributed by atoms with Crippen molar-refractivity contribution in [3.05, 3.63) is 29.3 Å². The van der Waals surface area contributed by atoms with Crippen molar-refractivity contribution in [3.8, 4) is 5.75 Å². The van der Waals surface area contributed by atoms with Crippen molar-refractivity contribution < 1.29 is 22.3 Å². The lowest BCUT2D eigenvalue weighted by atomic mass is 9.99. The van der Waals surface area contributed by atoms with Crippen molar-refractivity contribution in [2.45, 2.75) is 18.9 Å². The fraction of sp³-hybridized carbons (Fsp3) is 0.571. The van der Waals surface area contributed by atoms with Crippen LogP contribution in [0.1, 0.15) is 18.0 Å². The molecule has 8 heteroatoms. The highest BCUT2D eigenvalue weighted by Gasteiger charge is 2.31. The lowest BCUT2D eigenvalue weighted by molar-refractivity contribution is 0.0707. The summed E-state index contributed by atoms with van der Waals surface area (Å²) in [6.45, 7) is 2.14. The molecule has 0 amide bonds. The second-order valence-corrected chi connectivity index (χ2v) is 4.91. The third-order valence-electron chi connectivity index (χ3n) is 3.64. The summed E-state index contributed by atoms with van der Waals surface area (Å²) < 4.78 is 58.9. The monoisotopic (exact) mass is 342 g/mol. The average Bonchev–Trinajstić information content (AvgIpc) is 2.47. The standard InChI is InChI=1S/C14H18F4N2O.ClH/c1-21-11-3-2-9(15)13(14(11)18)10(8-12(16)17)20-6-4-19-5-7-20;/h2-3,10,12,19H,4-8H2,1H3;1H/t10-;/m1./s1. The van der Waals surface area contributed by atoms with Gasteiger partial charge in [0.15, 0.2) is 11.6 Å². The Kier molecular flexibility index (Phi) is 7.38. The zero-order valence-electron chi connectivity index (χ0n) is 12.1. The van der Waals surface area contributed by atoms with Crippen LogP contribution in [0.5, 0.6) is 5.75 Å². The van der Waals surface area contributed by atoms with E-state index < -0.39 is 30.5 Å². The van der Waals surface area contributed by atoms with E-state index in [1.807, 2.05) is 0 Å². The SMILES string of the molecule is COc1ccc(F)c([C@@H](CC(F)F)N2CCNCC2)c1F.Cl. The number of halogens is 5. The Balaban J connectivity index is 0.00000242. The van der Waals surface area contributed by atoms with Crippen molar-refractivity contribution in [3.63, 3.8) is 0 Å². The van der Waals surface area contributed by atoms with Crippen LogP contribution in [-0.4, -0.2) is 44.6 Å². The molecule has 0 bridgehead atoms. The lowest BCUT2D eigenvalue weighted by Gasteiger charge is -2.35. The molecule has 1 aliphatic heterocycles. The van der Waals surface area contributed by atoms with Gasteiger partial charge in [0, 0.05) is 44.2 Å². The molecule has 1 saturated heterocycles. The van der Waals surface area contributed by atoms with E-state index in [4.69, 9.17) is 4.74 Å². The molecule has 126 valence electrons. The van der Waals surface area contributed by atoms with E-state index in [9.17, 15) is 17.6 Å². The molecule has 1 atom stereocenters. The fourth-order valence-electron chi connectivity index (χ4n) is 2.62. The van der Waals surface area contributed by atoms with E-state index in [2.05, 4.69) is 5.32 Å². The van der Waals surface area contributed by atoms with E-state index in [-0.39, 0.29) is 23.7 Å². The molecule has 0 aromatic heterocycles. The number of methoxy groups -OCH3 is 1. The van der Waals surface area contributed by atoms with Gasteiger partial charge in [-0.05, 0) is 12.1 Å². The zero-order chi connectivity index (χ0) is 15.4. The van der Waals surface area contributed by atoms with Gasteiger partial charge in [0.05, 0.1) is 7.11 Å². The molecule has 0 aliphatic carbocycles. The molecule has 3 nitrogen and oxygen atoms in total. The van der Waals surface area contributed by atoms with Crippen molar-refractivity contribution in [2.75, 3.05) is 33.3 Å². The predicted octanol–water partition coefficient (Wildman–Crippen LogP) is 3.00. The first-order chi connectivity index (χ1) is 10.0. The van der Waals surface area contributed by atoms with Gasteiger partial charge in [-0.2, -0.15) is 0 Å². The third kappa shape index (κ3) is 4.24. The van der Waals surface area contributed by atoms with Gasteiger partial charge in [-0.15, -0.1) is 12.4 Å². The Bertz CT molecular complexity index is 484. The first kappa shape index (κ1) is 19.0. The molecule has 0 unspecified atom stereocenters. The summed E-state index contributed by atoms with van der Waals surface area (Å²) >= 11 is 0. The average molecular weight is 343 g/mol. The minimum Gasteiger partial charge on any atom is -0.494 e. The highest BCUT2D eigenvalue weighted by molar-refractivity contribution is 5.85. The molecule has 1 aromatic rings. The van der Waals surface area contributed by atoms with Gasteiger partial charge in [0.1, 0.15) is 5.82 Å². The topological polar surface area (TPSA) is 24.5 Å². The van der Waals surface area contributed by atoms with E-state index in [1.54, 1.807) is 4.90 Å². The molecule has 1 fully saturated rings. The number of alkyl halides is 2. The number of hydrogen-bond donors (Lipinski definition) is 1. The van der Waals surface area contributed by atoms with Gasteiger partial charge in [-0.25, -0.2) is 17.6 Å². The maximum absolute atomic E-state index is 14.3. The first-order valence-electron chi connectivity index (χ1n) is 6.79. The number of piperazine rings is 1. The number of nitrogens with zero attached hydrogens (tertiary/aromatic N) is 1. The van der Waals surface area contributed by atoms with Crippen LogP contribution in [0.3, 0.4) is 0 Å². The third-order valence-corrected chi connectivity index (χ3v) is 3.64. The number of hydrogen-bond acceptors (Lipinski definition) is 3. The van der Waals surface area contributed by atoms with Crippen molar-refractivity contribution in [2.24, 2.45) is 0 Å². The van der Waals surface area contributed by atoms with Crippen LogP contribution < -0.4 is 10.1 Å². The molecular weight excluding hydrogens is 324 g/mol. The number of benzene rings is 1. The minimum atomic E-state index is -2.64. The summed E-state index contributed by atoms with van der Waals surface area (Å²) in [5.41, 5.74) is -0.337. The molecule has 0 radical (unpaired) electrons. The molecule has 1 heterocycles. The molecule has 1 aromatic carbocycles. The van der Waals surface area contributed by atoms with Gasteiger partial charge in [-0.3, -0.25) is 4.90 Å². The normalized spacial score (nSPS) is 17.2. The van der Waals surface area contributed by atoms with E-state index in [0.717, 1.165) is 12.1 Å². The van der Waals surface area contributed by atoms with Gasteiger partial charge in [0.25, 0.3) is 0 Å². The Morgan fingerprint density at radius 1 is 1.23 bits per heavy atom. The van der Waals surface area contributed by atoms with Gasteiger partial charge >= 0.3 is 0 Å². The van der Waals surface area contributed by atoms with Gasteiger partial charge in [-0.1, -0.05) is 0 Å². The van der Waals surface area contributed by atoms with Crippen molar-refractivity contribution >= 4 is 12.4 Å². The highest BCUT2D eigenvalue weighted by Crippen LogP contribution is 2.34. The molecular formula is C14H19ClF4N2O. The summed E-state index contributed by atoms with van der Waals surface area (Å²) in [4.78, 5) is 1.68. The maximum Gasteiger partial charge on any atom is 0.240 e. The van der Waals surface area contributed by atoms with Crippen LogP contribution in [0.2, 0.25) is 0 Å². The molecule has 0 spiro atoms. The number of nitrogens with one attached hydrogen (secondary N) is 1. The van der Waals surface area contributed by atoms with E-state index in [0.29, 0.717) is 26.2 Å². The van der Waals surface area contributed by atoms with Gasteiger partial charge < -0.3 is 10.1 Å². The molecule has 22 heavy (non-hydrogen) atoms. The maximum atomic E-state index is 14.3. The Morgan fingerprint density at radius 2 is 1.86 bits per heavy atom. The molecule has 1 aliphatic rings. The van der Waals surface area contributed by atoms with Crippen molar-refractivity contribution in [1.29, 1.82) is 0 Å². The summed E-state index contributed by atoms with van der Waals surface area (Å²) in [5, 5.41) is 3.08. The Morgan fingerprint density at radius 3 is 2.41 bits per heavy atom. The lowest BCUT2D eigenvalue weighted by Crippen LogP contribution is -2.46. The van der Waals surface area contributed by atoms with Gasteiger partial charge in [0.2, 0.25) is 6.43 Å². The highest BCUT2D eigenvalue weighted by atomic mass is 35.5. The smallest absolute Gasteiger partial charge is 0.240 e. The summed E-state index contributed by atoms with van der Waals surface area (Å²) in [7, 11) is 1.26. The Labute approximate surface area is 133 Å². The zero-order valence-corrected chi connectivity index (χ0v) is 12.9. The minimum absolute atomic E-state index is 0. The largest absolute Gasteiger partial charge is 0.494 e. The van der Waals surface area contributed by atoms with Crippen LogP contribution in [0.15, 0.2) is 12.1 Å². The van der Waals surface area contributed by atoms with Crippen LogP contribution in [0.25, 0.3) is 0 Å². The molecule has 2 rings (SSSR count). The quantitative estimate of drug-likeness (QED) is 0.833.